The van der Waals surface area contributed by atoms with Crippen LogP contribution in [0.4, 0.5) is 0 Å². The van der Waals surface area contributed by atoms with Crippen molar-refractivity contribution in [2.24, 2.45) is 11.5 Å². The summed E-state index contributed by atoms with van der Waals surface area (Å²) in [6.07, 6.45) is 3.18. The molecule has 0 saturated carbocycles. The molecule has 0 radical (unpaired) electrons. The quantitative estimate of drug-likeness (QED) is 0.0613. The van der Waals surface area contributed by atoms with E-state index in [0.717, 1.165) is 0 Å². The molecule has 0 aromatic rings. The highest BCUT2D eigenvalue weighted by Gasteiger charge is 2.48. The number of aliphatic hydroxyl groups is 3. The molecule has 7 atom stereocenters. The molecule has 0 aromatic heterocycles. The van der Waals surface area contributed by atoms with E-state index in [-0.39, 0.29) is 32.6 Å². The summed E-state index contributed by atoms with van der Waals surface area (Å²) in [7, 11) is 0. The van der Waals surface area contributed by atoms with Gasteiger partial charge in [0.05, 0.1) is 32.9 Å². The van der Waals surface area contributed by atoms with Crippen LogP contribution in [-0.2, 0) is 47.9 Å². The van der Waals surface area contributed by atoms with Crippen molar-refractivity contribution in [1.29, 1.82) is 0 Å². The van der Waals surface area contributed by atoms with Crippen LogP contribution in [0.2, 0.25) is 0 Å². The SMILES string of the molecule is CC(C)(NC(=O)CNC(=O)[C@H](CO)NC(=O)[C@H](CO)NC(=O)[C@@H]1CCCN1C(=O)CN)C(=O)N1CCC[C@H]1C(=O)N1CCC[C@H]1C(=O)N1CCC[C@H]1C(=O)N[C@@H](CO)C(N)=O. The molecule has 0 aromatic carbocycles. The van der Waals surface area contributed by atoms with Gasteiger partial charge in [-0.05, 0) is 65.2 Å². The Bertz CT molecular complexity index is 1710. The van der Waals surface area contributed by atoms with Crippen LogP contribution in [0.3, 0.4) is 0 Å². The molecular weight excluding hydrogens is 806 g/mol. The lowest BCUT2D eigenvalue weighted by molar-refractivity contribution is -0.152. The van der Waals surface area contributed by atoms with Crippen LogP contribution in [0.25, 0.3) is 0 Å². The number of aliphatic hydroxyl groups excluding tert-OH is 3. The minimum atomic E-state index is -1.62. The normalized spacial score (nSPS) is 22.9. The summed E-state index contributed by atoms with van der Waals surface area (Å²) in [5.74, 6) is -7.17. The van der Waals surface area contributed by atoms with Crippen molar-refractivity contribution in [1.82, 2.24) is 46.2 Å². The van der Waals surface area contributed by atoms with Crippen molar-refractivity contribution in [3.63, 3.8) is 0 Å². The molecule has 4 fully saturated rings. The number of nitrogens with two attached hydrogens (primary N) is 2. The van der Waals surface area contributed by atoms with Crippen LogP contribution in [0.1, 0.15) is 65.2 Å². The van der Waals surface area contributed by atoms with Crippen LogP contribution in [0, 0.1) is 0 Å². The predicted molar refractivity (Wildman–Crippen MR) is 209 cm³/mol. The third-order valence-electron chi connectivity index (χ3n) is 11.4. The van der Waals surface area contributed by atoms with E-state index in [1.807, 2.05) is 0 Å². The van der Waals surface area contributed by atoms with Crippen LogP contribution >= 0.6 is 0 Å². The number of primary amides is 1. The van der Waals surface area contributed by atoms with Crippen molar-refractivity contribution < 1.29 is 63.3 Å². The van der Waals surface area contributed by atoms with Crippen molar-refractivity contribution >= 4 is 59.1 Å². The van der Waals surface area contributed by atoms with Gasteiger partial charge in [0.1, 0.15) is 47.8 Å². The van der Waals surface area contributed by atoms with Crippen molar-refractivity contribution in [2.45, 2.75) is 113 Å². The number of amides is 10. The van der Waals surface area contributed by atoms with E-state index in [0.29, 0.717) is 51.5 Å². The van der Waals surface area contributed by atoms with E-state index >= 15 is 0 Å². The van der Waals surface area contributed by atoms with Gasteiger partial charge in [0.15, 0.2) is 0 Å². The van der Waals surface area contributed by atoms with Gasteiger partial charge >= 0.3 is 0 Å². The van der Waals surface area contributed by atoms with Gasteiger partial charge in [0.25, 0.3) is 0 Å². The largest absolute Gasteiger partial charge is 0.394 e. The van der Waals surface area contributed by atoms with Gasteiger partial charge in [0, 0.05) is 26.2 Å². The van der Waals surface area contributed by atoms with E-state index in [4.69, 9.17) is 11.5 Å². The molecular formula is C37H59N11O13. The van der Waals surface area contributed by atoms with Crippen LogP contribution < -0.4 is 38.1 Å². The van der Waals surface area contributed by atoms with E-state index in [1.54, 1.807) is 0 Å². The zero-order valence-corrected chi connectivity index (χ0v) is 34.4. The molecule has 4 heterocycles. The fraction of sp³-hybridized carbons (Fsp3) is 0.730. The first-order valence-corrected chi connectivity index (χ1v) is 20.4. The molecule has 24 nitrogen and oxygen atoms in total. The monoisotopic (exact) mass is 865 g/mol. The molecule has 4 rings (SSSR count). The second-order valence-corrected chi connectivity index (χ2v) is 16.0. The first-order valence-electron chi connectivity index (χ1n) is 20.4. The molecule has 61 heavy (non-hydrogen) atoms. The smallest absolute Gasteiger partial charge is 0.248 e. The van der Waals surface area contributed by atoms with Gasteiger partial charge in [-0.2, -0.15) is 0 Å². The molecule has 340 valence electrons. The van der Waals surface area contributed by atoms with Gasteiger partial charge < -0.3 is 73.0 Å². The molecule has 4 saturated heterocycles. The Morgan fingerprint density at radius 1 is 0.607 bits per heavy atom. The number of hydrogen-bond acceptors (Lipinski definition) is 14. The van der Waals surface area contributed by atoms with Crippen molar-refractivity contribution in [2.75, 3.05) is 59.1 Å². The fourth-order valence-electron chi connectivity index (χ4n) is 8.19. The Morgan fingerprint density at radius 3 is 1.54 bits per heavy atom. The Labute approximate surface area is 351 Å². The maximum Gasteiger partial charge on any atom is 0.248 e. The molecule has 0 spiro atoms. The molecule has 10 amide bonds. The first kappa shape index (κ1) is 48.2. The molecule has 4 aliphatic heterocycles. The summed E-state index contributed by atoms with van der Waals surface area (Å²) in [5, 5.41) is 40.7. The lowest BCUT2D eigenvalue weighted by Crippen LogP contribution is -2.61. The molecule has 12 N–H and O–H groups in total. The van der Waals surface area contributed by atoms with Crippen LogP contribution in [0.15, 0.2) is 0 Å². The topological polar surface area (TPSA) is 357 Å². The number of hydrogen-bond donors (Lipinski definition) is 10. The summed E-state index contributed by atoms with van der Waals surface area (Å²) >= 11 is 0. The van der Waals surface area contributed by atoms with Crippen molar-refractivity contribution in [3.8, 4) is 0 Å². The Balaban J connectivity index is 1.30. The highest BCUT2D eigenvalue weighted by atomic mass is 16.3. The van der Waals surface area contributed by atoms with Gasteiger partial charge in [-0.1, -0.05) is 0 Å². The average molecular weight is 866 g/mol. The van der Waals surface area contributed by atoms with Gasteiger partial charge in [-0.25, -0.2) is 0 Å². The number of likely N-dealkylation sites (tertiary alicyclic amines) is 4. The number of nitrogens with zero attached hydrogens (tertiary/aromatic N) is 4. The minimum absolute atomic E-state index is 0.176. The fourth-order valence-corrected chi connectivity index (χ4v) is 8.19. The lowest BCUT2D eigenvalue weighted by atomic mass is 10.0. The van der Waals surface area contributed by atoms with Crippen LogP contribution in [0.5, 0.6) is 0 Å². The number of carbonyl (C=O) groups is 10. The first-order chi connectivity index (χ1) is 28.9. The Morgan fingerprint density at radius 2 is 1.03 bits per heavy atom. The van der Waals surface area contributed by atoms with Gasteiger partial charge in [0.2, 0.25) is 59.1 Å². The summed E-state index contributed by atoms with van der Waals surface area (Å²) in [6, 6.07) is -8.20. The van der Waals surface area contributed by atoms with E-state index in [9.17, 15) is 63.3 Å². The molecule has 4 aliphatic rings. The lowest BCUT2D eigenvalue weighted by Gasteiger charge is -2.36. The molecule has 0 unspecified atom stereocenters. The second kappa shape index (κ2) is 21.4. The second-order valence-electron chi connectivity index (χ2n) is 16.0. The van der Waals surface area contributed by atoms with Crippen molar-refractivity contribution in [3.05, 3.63) is 0 Å². The zero-order valence-electron chi connectivity index (χ0n) is 34.4. The summed E-state index contributed by atoms with van der Waals surface area (Å²) < 4.78 is 0. The van der Waals surface area contributed by atoms with E-state index < -0.39 is 133 Å². The standard InChI is InChI=1S/C37H59N11O13/c1-37(2,44-27(52)16-40-30(55)21(18-50)42-31(56)22(19-51)43-32(57)23-7-3-11-45(23)28(53)15-38)36(61)48-14-6-10-26(48)35(60)47-13-5-9-25(47)34(59)46-12-4-8-24(46)33(58)41-20(17-49)29(39)54/h20-26,49-51H,3-19,38H2,1-2H3,(H2,39,54)(H,40,55)(H,41,58)(H,42,56)(H,43,57)(H,44,52)/t20-,21-,22-,23-,24-,25-,26-/m0/s1. The third kappa shape index (κ3) is 11.5. The molecule has 24 heteroatoms. The molecule has 0 bridgehead atoms. The summed E-state index contributed by atoms with van der Waals surface area (Å²) in [6.45, 7) is 0.202. The van der Waals surface area contributed by atoms with E-state index in [1.165, 1.54) is 33.4 Å². The average Bonchev–Trinajstić information content (AvgIpc) is 4.08. The maximum atomic E-state index is 14.0. The summed E-state index contributed by atoms with van der Waals surface area (Å²) in [4.78, 5) is 135. The highest BCUT2D eigenvalue weighted by molar-refractivity contribution is 5.99. The molecule has 0 aliphatic carbocycles. The Kier molecular flexibility index (Phi) is 16.9. The van der Waals surface area contributed by atoms with Crippen LogP contribution in [-0.4, -0.2) is 201 Å². The number of rotatable bonds is 18. The Hall–Kier alpha value is -5.46. The zero-order chi connectivity index (χ0) is 45.2. The number of carbonyl (C=O) groups excluding carboxylic acids is 10. The predicted octanol–water partition coefficient (Wildman–Crippen LogP) is -7.16. The summed E-state index contributed by atoms with van der Waals surface area (Å²) in [5.41, 5.74) is 9.05. The highest BCUT2D eigenvalue weighted by Crippen LogP contribution is 2.29. The van der Waals surface area contributed by atoms with Gasteiger partial charge in [-0.3, -0.25) is 47.9 Å². The van der Waals surface area contributed by atoms with E-state index in [2.05, 4.69) is 26.6 Å². The maximum absolute atomic E-state index is 14.0. The minimum Gasteiger partial charge on any atom is -0.394 e. The number of nitrogens with one attached hydrogen (secondary N) is 5. The van der Waals surface area contributed by atoms with Gasteiger partial charge in [-0.15, -0.1) is 0 Å². The third-order valence-corrected chi connectivity index (χ3v) is 11.4.